The van der Waals surface area contributed by atoms with E-state index in [-0.39, 0.29) is 23.3 Å². The number of nitrogens with one attached hydrogen (secondary N) is 1. The van der Waals surface area contributed by atoms with Crippen LogP contribution in [0.1, 0.15) is 78.7 Å². The van der Waals surface area contributed by atoms with Gasteiger partial charge in [-0.25, -0.2) is 0 Å². The van der Waals surface area contributed by atoms with Crippen LogP contribution < -0.4 is 5.32 Å². The van der Waals surface area contributed by atoms with Crippen LogP contribution in [0.3, 0.4) is 0 Å². The van der Waals surface area contributed by atoms with Gasteiger partial charge in [0.2, 0.25) is 5.91 Å². The Morgan fingerprint density at radius 3 is 2.30 bits per heavy atom. The summed E-state index contributed by atoms with van der Waals surface area (Å²) in [6, 6.07) is 10.9. The molecule has 2 rings (SSSR count). The van der Waals surface area contributed by atoms with E-state index in [1.165, 1.54) is 11.1 Å². The predicted molar refractivity (Wildman–Crippen MR) is 139 cm³/mol. The Bertz CT molecular complexity index is 800. The van der Waals surface area contributed by atoms with Gasteiger partial charge in [-0.05, 0) is 74.8 Å². The SMILES string of the molecule is C=C(CCC(C)C)C(O)N(CC(=O)NC)C[C@]1(C)CC[C@](C=C(C)C)(c2ccccc2)CC1. The maximum Gasteiger partial charge on any atom is 0.234 e. The van der Waals surface area contributed by atoms with Crippen LogP contribution in [0.5, 0.6) is 0 Å². The molecule has 0 spiro atoms. The van der Waals surface area contributed by atoms with Gasteiger partial charge in [-0.1, -0.05) is 69.3 Å². The Morgan fingerprint density at radius 2 is 1.79 bits per heavy atom. The summed E-state index contributed by atoms with van der Waals surface area (Å²) in [7, 11) is 1.65. The van der Waals surface area contributed by atoms with E-state index in [0.29, 0.717) is 12.5 Å². The third-order valence-corrected chi connectivity index (χ3v) is 7.23. The molecular weight excluding hydrogens is 408 g/mol. The van der Waals surface area contributed by atoms with E-state index in [1.807, 2.05) is 4.90 Å². The molecule has 1 saturated carbocycles. The van der Waals surface area contributed by atoms with Gasteiger partial charge in [-0.3, -0.25) is 9.69 Å². The normalized spacial score (nSPS) is 23.9. The summed E-state index contributed by atoms with van der Waals surface area (Å²) >= 11 is 0. The zero-order valence-electron chi connectivity index (χ0n) is 21.8. The van der Waals surface area contributed by atoms with Gasteiger partial charge in [0, 0.05) is 19.0 Å². The Labute approximate surface area is 202 Å². The first kappa shape index (κ1) is 27.3. The lowest BCUT2D eigenvalue weighted by atomic mass is 9.61. The molecule has 1 fully saturated rings. The molecule has 1 atom stereocenters. The lowest BCUT2D eigenvalue weighted by Gasteiger charge is -2.47. The molecular formula is C29H46N2O2. The average Bonchev–Trinajstić information content (AvgIpc) is 2.78. The van der Waals surface area contributed by atoms with E-state index in [1.54, 1.807) is 7.05 Å². The molecule has 1 aromatic rings. The number of allylic oxidation sites excluding steroid dienone is 2. The average molecular weight is 455 g/mol. The Balaban J connectivity index is 2.19. The van der Waals surface area contributed by atoms with Gasteiger partial charge < -0.3 is 10.4 Å². The molecule has 1 aliphatic carbocycles. The molecule has 2 N–H and O–H groups in total. The zero-order chi connectivity index (χ0) is 24.6. The number of rotatable bonds is 11. The molecule has 0 aromatic heterocycles. The van der Waals surface area contributed by atoms with Gasteiger partial charge in [-0.2, -0.15) is 0 Å². The molecule has 0 heterocycles. The Morgan fingerprint density at radius 1 is 1.18 bits per heavy atom. The zero-order valence-corrected chi connectivity index (χ0v) is 21.8. The topological polar surface area (TPSA) is 52.6 Å². The van der Waals surface area contributed by atoms with E-state index in [4.69, 9.17) is 0 Å². The van der Waals surface area contributed by atoms with Gasteiger partial charge in [0.05, 0.1) is 6.54 Å². The van der Waals surface area contributed by atoms with Crippen LogP contribution in [0.4, 0.5) is 0 Å². The van der Waals surface area contributed by atoms with Crippen LogP contribution >= 0.6 is 0 Å². The quantitative estimate of drug-likeness (QED) is 0.327. The minimum Gasteiger partial charge on any atom is -0.374 e. The van der Waals surface area contributed by atoms with Crippen molar-refractivity contribution in [2.45, 2.75) is 84.8 Å². The molecule has 0 bridgehead atoms. The summed E-state index contributed by atoms with van der Waals surface area (Å²) in [4.78, 5) is 14.2. The molecule has 0 radical (unpaired) electrons. The predicted octanol–water partition coefficient (Wildman–Crippen LogP) is 5.83. The highest BCUT2D eigenvalue weighted by atomic mass is 16.3. The number of aliphatic hydroxyl groups is 1. The molecule has 1 aromatic carbocycles. The number of carbonyl (C=O) groups is 1. The summed E-state index contributed by atoms with van der Waals surface area (Å²) in [5.74, 6) is 0.478. The van der Waals surface area contributed by atoms with E-state index in [0.717, 1.165) is 44.1 Å². The van der Waals surface area contributed by atoms with Crippen LogP contribution in [0.25, 0.3) is 0 Å². The first-order valence-electron chi connectivity index (χ1n) is 12.5. The van der Waals surface area contributed by atoms with Crippen LogP contribution in [-0.2, 0) is 10.2 Å². The van der Waals surface area contributed by atoms with E-state index < -0.39 is 6.23 Å². The van der Waals surface area contributed by atoms with Crippen molar-refractivity contribution in [1.82, 2.24) is 10.2 Å². The number of nitrogens with zero attached hydrogens (tertiary/aromatic N) is 1. The number of hydrogen-bond acceptors (Lipinski definition) is 3. The highest BCUT2D eigenvalue weighted by molar-refractivity contribution is 5.77. The fraction of sp³-hybridized carbons (Fsp3) is 0.621. The van der Waals surface area contributed by atoms with Gasteiger partial charge in [0.1, 0.15) is 6.23 Å². The lowest BCUT2D eigenvalue weighted by Crippen LogP contribution is -2.49. The second-order valence-electron chi connectivity index (χ2n) is 11.1. The first-order valence-corrected chi connectivity index (χ1v) is 12.5. The molecule has 4 nitrogen and oxygen atoms in total. The largest absolute Gasteiger partial charge is 0.374 e. The van der Waals surface area contributed by atoms with Gasteiger partial charge >= 0.3 is 0 Å². The lowest BCUT2D eigenvalue weighted by molar-refractivity contribution is -0.125. The van der Waals surface area contributed by atoms with Gasteiger partial charge in [0.25, 0.3) is 0 Å². The fourth-order valence-electron chi connectivity index (χ4n) is 5.14. The van der Waals surface area contributed by atoms with Crippen molar-refractivity contribution in [2.75, 3.05) is 20.1 Å². The number of hydrogen-bond donors (Lipinski definition) is 2. The van der Waals surface area contributed by atoms with Crippen molar-refractivity contribution in [3.05, 3.63) is 59.7 Å². The maximum absolute atomic E-state index is 12.3. The molecule has 4 heteroatoms. The second-order valence-corrected chi connectivity index (χ2v) is 11.1. The Hall–Kier alpha value is -1.91. The number of likely N-dealkylation sites (N-methyl/N-ethyl adjacent to an activating group) is 1. The monoisotopic (exact) mass is 454 g/mol. The molecule has 1 aliphatic rings. The van der Waals surface area contributed by atoms with Crippen molar-refractivity contribution >= 4 is 5.91 Å². The van der Waals surface area contributed by atoms with Crippen LogP contribution in [-0.4, -0.2) is 42.3 Å². The smallest absolute Gasteiger partial charge is 0.234 e. The van der Waals surface area contributed by atoms with E-state index >= 15 is 0 Å². The van der Waals surface area contributed by atoms with Crippen molar-refractivity contribution in [1.29, 1.82) is 0 Å². The molecule has 184 valence electrons. The van der Waals surface area contributed by atoms with Crippen LogP contribution in [0.15, 0.2) is 54.1 Å². The summed E-state index contributed by atoms with van der Waals surface area (Å²) in [6.07, 6.45) is 7.64. The third-order valence-electron chi connectivity index (χ3n) is 7.23. The molecule has 1 unspecified atom stereocenters. The van der Waals surface area contributed by atoms with Gasteiger partial charge in [-0.15, -0.1) is 0 Å². The Kier molecular flexibility index (Phi) is 9.93. The molecule has 0 aliphatic heterocycles. The van der Waals surface area contributed by atoms with Crippen molar-refractivity contribution in [3.8, 4) is 0 Å². The summed E-state index contributed by atoms with van der Waals surface area (Å²) in [6.45, 7) is 16.1. The van der Waals surface area contributed by atoms with E-state index in [2.05, 4.69) is 82.9 Å². The van der Waals surface area contributed by atoms with Crippen LogP contribution in [0, 0.1) is 11.3 Å². The second kappa shape index (κ2) is 12.0. The molecule has 1 amide bonds. The number of amides is 1. The third kappa shape index (κ3) is 7.82. The number of aliphatic hydroxyl groups excluding tert-OH is 1. The minimum atomic E-state index is -0.795. The van der Waals surface area contributed by atoms with Crippen molar-refractivity contribution in [3.63, 3.8) is 0 Å². The van der Waals surface area contributed by atoms with Crippen LogP contribution in [0.2, 0.25) is 0 Å². The number of carbonyl (C=O) groups excluding carboxylic acids is 1. The molecule has 33 heavy (non-hydrogen) atoms. The fourth-order valence-corrected chi connectivity index (χ4v) is 5.14. The number of benzene rings is 1. The van der Waals surface area contributed by atoms with Crippen molar-refractivity contribution in [2.24, 2.45) is 11.3 Å². The highest BCUT2D eigenvalue weighted by Gasteiger charge is 2.41. The highest BCUT2D eigenvalue weighted by Crippen LogP contribution is 2.48. The summed E-state index contributed by atoms with van der Waals surface area (Å²) < 4.78 is 0. The minimum absolute atomic E-state index is 0.0289. The van der Waals surface area contributed by atoms with Crippen molar-refractivity contribution < 1.29 is 9.90 Å². The van der Waals surface area contributed by atoms with E-state index in [9.17, 15) is 9.90 Å². The standard InChI is InChI=1S/C29H46N2O2/c1-22(2)13-14-24(5)27(33)31(20-26(32)30-7)21-28(6)15-17-29(18-16-28,19-23(3)4)25-11-9-8-10-12-25/h8-12,19,22,27,33H,5,13-18,20-21H2,1-4,6-7H3,(H,30,32)/t27?,28-,29+. The van der Waals surface area contributed by atoms with Gasteiger partial charge in [0.15, 0.2) is 0 Å². The summed E-state index contributed by atoms with van der Waals surface area (Å²) in [5.41, 5.74) is 3.62. The maximum atomic E-state index is 12.3. The first-order chi connectivity index (χ1) is 15.5. The summed E-state index contributed by atoms with van der Waals surface area (Å²) in [5, 5.41) is 13.8. The molecule has 0 saturated heterocycles.